The van der Waals surface area contributed by atoms with Crippen molar-refractivity contribution in [2.24, 2.45) is 12.8 Å². The van der Waals surface area contributed by atoms with Gasteiger partial charge >= 0.3 is 0 Å². The van der Waals surface area contributed by atoms with Crippen LogP contribution in [0.25, 0.3) is 0 Å². The van der Waals surface area contributed by atoms with Gasteiger partial charge in [-0.05, 0) is 38.8 Å². The number of sulfonamides is 1. The van der Waals surface area contributed by atoms with Gasteiger partial charge < -0.3 is 5.73 Å². The van der Waals surface area contributed by atoms with E-state index in [0.717, 1.165) is 0 Å². The third-order valence-corrected chi connectivity index (χ3v) is 5.41. The van der Waals surface area contributed by atoms with E-state index in [4.69, 9.17) is 5.73 Å². The molecule has 1 heterocycles. The molecule has 0 spiro atoms. The van der Waals surface area contributed by atoms with Crippen LogP contribution in [0.4, 0.5) is 10.1 Å². The average Bonchev–Trinajstić information content (AvgIpc) is 2.69. The van der Waals surface area contributed by atoms with Gasteiger partial charge in [-0.15, -0.1) is 0 Å². The van der Waals surface area contributed by atoms with Gasteiger partial charge in [0.2, 0.25) is 0 Å². The molecular formula is C15H19FN4O3S. The fourth-order valence-electron chi connectivity index (χ4n) is 2.81. The normalized spacial score (nSPS) is 11.6. The van der Waals surface area contributed by atoms with Gasteiger partial charge in [0.1, 0.15) is 17.2 Å². The summed E-state index contributed by atoms with van der Waals surface area (Å²) in [4.78, 5) is 11.4. The summed E-state index contributed by atoms with van der Waals surface area (Å²) in [5, 5.41) is 4.00. The smallest absolute Gasteiger partial charge is 0.269 e. The molecule has 24 heavy (non-hydrogen) atoms. The molecule has 2 rings (SSSR count). The maximum absolute atomic E-state index is 14.1. The minimum absolute atomic E-state index is 0.00946. The van der Waals surface area contributed by atoms with Gasteiger partial charge in [-0.2, -0.15) is 5.10 Å². The summed E-state index contributed by atoms with van der Waals surface area (Å²) in [5.41, 5.74) is 6.29. The van der Waals surface area contributed by atoms with Gasteiger partial charge in [0.25, 0.3) is 15.9 Å². The Bertz CT molecular complexity index is 948. The predicted molar refractivity (Wildman–Crippen MR) is 87.9 cm³/mol. The SMILES string of the molecule is Cc1cc(C)c(S(=O)(=O)Nc2c(C)nn(C)c2C(N)=O)c(C)c1F. The lowest BCUT2D eigenvalue weighted by molar-refractivity contribution is 0.0992. The van der Waals surface area contributed by atoms with Gasteiger partial charge in [-0.3, -0.25) is 14.2 Å². The minimum atomic E-state index is -4.13. The zero-order valence-corrected chi connectivity index (χ0v) is 14.9. The fraction of sp³-hybridized carbons (Fsp3) is 0.333. The first-order chi connectivity index (χ1) is 11.0. The Hall–Kier alpha value is -2.42. The number of nitrogens with two attached hydrogens (primary N) is 1. The number of rotatable bonds is 4. The van der Waals surface area contributed by atoms with E-state index < -0.39 is 21.7 Å². The topological polar surface area (TPSA) is 107 Å². The van der Waals surface area contributed by atoms with Crippen LogP contribution < -0.4 is 10.5 Å². The molecule has 0 unspecified atom stereocenters. The predicted octanol–water partition coefficient (Wildman–Crippen LogP) is 1.69. The molecule has 2 aromatic rings. The van der Waals surface area contributed by atoms with Crippen molar-refractivity contribution in [2.75, 3.05) is 4.72 Å². The van der Waals surface area contributed by atoms with Crippen LogP contribution in [-0.2, 0) is 17.1 Å². The van der Waals surface area contributed by atoms with E-state index in [-0.39, 0.29) is 27.5 Å². The molecule has 0 atom stereocenters. The van der Waals surface area contributed by atoms with E-state index in [0.29, 0.717) is 11.1 Å². The first-order valence-corrected chi connectivity index (χ1v) is 8.58. The van der Waals surface area contributed by atoms with Crippen LogP contribution in [-0.4, -0.2) is 24.1 Å². The Labute approximate surface area is 139 Å². The Morgan fingerprint density at radius 1 is 1.25 bits per heavy atom. The fourth-order valence-corrected chi connectivity index (χ4v) is 4.40. The number of nitrogens with one attached hydrogen (secondary N) is 1. The molecular weight excluding hydrogens is 335 g/mol. The molecule has 1 amide bonds. The second kappa shape index (κ2) is 5.90. The number of halogens is 1. The highest BCUT2D eigenvalue weighted by Gasteiger charge is 2.27. The van der Waals surface area contributed by atoms with Crippen molar-refractivity contribution >= 4 is 21.6 Å². The highest BCUT2D eigenvalue weighted by molar-refractivity contribution is 7.92. The maximum Gasteiger partial charge on any atom is 0.269 e. The third kappa shape index (κ3) is 2.86. The number of anilines is 1. The van der Waals surface area contributed by atoms with Crippen LogP contribution >= 0.6 is 0 Å². The van der Waals surface area contributed by atoms with Crippen molar-refractivity contribution in [1.82, 2.24) is 9.78 Å². The first kappa shape index (κ1) is 17.9. The standard InChI is InChI=1S/C15H19FN4O3S/c1-7-6-8(2)14(9(3)11(7)16)24(22,23)19-12-10(4)18-20(5)13(12)15(17)21/h6,19H,1-5H3,(H2,17,21). The number of nitrogens with zero attached hydrogens (tertiary/aromatic N) is 2. The quantitative estimate of drug-likeness (QED) is 0.871. The van der Waals surface area contributed by atoms with Crippen molar-refractivity contribution in [3.8, 4) is 0 Å². The largest absolute Gasteiger partial charge is 0.364 e. The Kier molecular flexibility index (Phi) is 4.40. The lowest BCUT2D eigenvalue weighted by atomic mass is 10.1. The van der Waals surface area contributed by atoms with Gasteiger partial charge in [-0.25, -0.2) is 12.8 Å². The highest BCUT2D eigenvalue weighted by Crippen LogP contribution is 2.29. The molecule has 7 nitrogen and oxygen atoms in total. The number of aromatic nitrogens is 2. The molecule has 9 heteroatoms. The maximum atomic E-state index is 14.1. The average molecular weight is 354 g/mol. The number of hydrogen-bond acceptors (Lipinski definition) is 4. The molecule has 0 saturated carbocycles. The molecule has 0 saturated heterocycles. The van der Waals surface area contributed by atoms with E-state index >= 15 is 0 Å². The van der Waals surface area contributed by atoms with Crippen molar-refractivity contribution in [3.63, 3.8) is 0 Å². The second-order valence-corrected chi connectivity index (χ2v) is 7.30. The second-order valence-electron chi connectivity index (χ2n) is 5.68. The Balaban J connectivity index is 2.64. The van der Waals surface area contributed by atoms with E-state index in [1.165, 1.54) is 24.7 Å². The summed E-state index contributed by atoms with van der Waals surface area (Å²) >= 11 is 0. The van der Waals surface area contributed by atoms with Gasteiger partial charge in [0.05, 0.1) is 10.6 Å². The van der Waals surface area contributed by atoms with Crippen LogP contribution in [0.2, 0.25) is 0 Å². The lowest BCUT2D eigenvalue weighted by Gasteiger charge is -2.15. The van der Waals surface area contributed by atoms with Crippen molar-refractivity contribution in [2.45, 2.75) is 32.6 Å². The zero-order chi connectivity index (χ0) is 18.4. The number of carbonyl (C=O) groups is 1. The molecule has 0 fully saturated rings. The summed E-state index contributed by atoms with van der Waals surface area (Å²) in [6, 6.07) is 1.46. The molecule has 0 aliphatic carbocycles. The Morgan fingerprint density at radius 3 is 2.38 bits per heavy atom. The van der Waals surface area contributed by atoms with Crippen molar-refractivity contribution < 1.29 is 17.6 Å². The number of hydrogen-bond donors (Lipinski definition) is 2. The van der Waals surface area contributed by atoms with Crippen molar-refractivity contribution in [1.29, 1.82) is 0 Å². The molecule has 0 aliphatic rings. The first-order valence-electron chi connectivity index (χ1n) is 7.10. The third-order valence-electron chi connectivity index (χ3n) is 3.77. The van der Waals surface area contributed by atoms with Gasteiger partial charge in [0, 0.05) is 12.6 Å². The van der Waals surface area contributed by atoms with E-state index in [2.05, 4.69) is 9.82 Å². The van der Waals surface area contributed by atoms with E-state index in [1.54, 1.807) is 20.8 Å². The van der Waals surface area contributed by atoms with Gasteiger partial charge in [0.15, 0.2) is 0 Å². The monoisotopic (exact) mass is 354 g/mol. The van der Waals surface area contributed by atoms with E-state index in [1.807, 2.05) is 0 Å². The molecule has 0 bridgehead atoms. The zero-order valence-electron chi connectivity index (χ0n) is 14.1. The molecule has 0 radical (unpaired) electrons. The van der Waals surface area contributed by atoms with Crippen LogP contribution in [0.5, 0.6) is 0 Å². The summed E-state index contributed by atoms with van der Waals surface area (Å²) < 4.78 is 43.2. The number of primary amides is 1. The molecule has 1 aromatic carbocycles. The van der Waals surface area contributed by atoms with Crippen LogP contribution in [0, 0.1) is 33.5 Å². The van der Waals surface area contributed by atoms with Crippen LogP contribution in [0.3, 0.4) is 0 Å². The summed E-state index contributed by atoms with van der Waals surface area (Å²) in [6.45, 7) is 6.09. The molecule has 3 N–H and O–H groups in total. The molecule has 1 aromatic heterocycles. The molecule has 0 aliphatic heterocycles. The summed E-state index contributed by atoms with van der Waals surface area (Å²) in [6.07, 6.45) is 0. The van der Waals surface area contributed by atoms with E-state index in [9.17, 15) is 17.6 Å². The minimum Gasteiger partial charge on any atom is -0.364 e. The molecule has 130 valence electrons. The lowest BCUT2D eigenvalue weighted by Crippen LogP contribution is -2.22. The van der Waals surface area contributed by atoms with Gasteiger partial charge in [-0.1, -0.05) is 6.07 Å². The number of benzene rings is 1. The Morgan fingerprint density at radius 2 is 1.83 bits per heavy atom. The number of amides is 1. The van der Waals surface area contributed by atoms with Crippen molar-refractivity contribution in [3.05, 3.63) is 40.0 Å². The number of aryl methyl sites for hydroxylation is 4. The summed E-state index contributed by atoms with van der Waals surface area (Å²) in [5.74, 6) is -1.40. The summed E-state index contributed by atoms with van der Waals surface area (Å²) in [7, 11) is -2.65. The van der Waals surface area contributed by atoms with Crippen LogP contribution in [0.15, 0.2) is 11.0 Å². The van der Waals surface area contributed by atoms with Crippen LogP contribution in [0.1, 0.15) is 32.9 Å². The highest BCUT2D eigenvalue weighted by atomic mass is 32.2. The number of carbonyl (C=O) groups excluding carboxylic acids is 1.